The summed E-state index contributed by atoms with van der Waals surface area (Å²) in [5.41, 5.74) is 2.67. The highest BCUT2D eigenvalue weighted by Crippen LogP contribution is 2.73. The molecule has 2 amide bonds. The Bertz CT molecular complexity index is 1710. The molecule has 2 aromatic rings. The van der Waals surface area contributed by atoms with Crippen molar-refractivity contribution in [2.45, 2.75) is 118 Å². The number of carbonyl (C=O) groups excluding carboxylic acids is 2. The van der Waals surface area contributed by atoms with Crippen LogP contribution in [0.4, 0.5) is 0 Å². The molecule has 8 heteroatoms. The van der Waals surface area contributed by atoms with Gasteiger partial charge in [-0.05, 0) is 153 Å². The molecule has 5 aliphatic rings. The molecule has 5 aliphatic carbocycles. The van der Waals surface area contributed by atoms with Crippen LogP contribution in [0, 0.1) is 57.2 Å². The lowest BCUT2D eigenvalue weighted by Gasteiger charge is -2.69. The molecule has 1 aromatic carbocycles. The van der Waals surface area contributed by atoms with Crippen molar-refractivity contribution in [3.8, 4) is 0 Å². The minimum absolute atomic E-state index is 0.0527. The highest BCUT2D eigenvalue weighted by atomic mass is 32.1. The highest BCUT2D eigenvalue weighted by molar-refractivity contribution is 7.13. The van der Waals surface area contributed by atoms with Gasteiger partial charge in [-0.1, -0.05) is 52.0 Å². The fourth-order valence-corrected chi connectivity index (χ4v) is 14.0. The van der Waals surface area contributed by atoms with Crippen molar-refractivity contribution < 1.29 is 24.6 Å². The molecule has 4 N–H and O–H groups in total. The van der Waals surface area contributed by atoms with E-state index >= 15 is 0 Å². The van der Waals surface area contributed by atoms with Crippen LogP contribution in [0.1, 0.15) is 129 Å². The molecule has 5 fully saturated rings. The number of aromatic carboxylic acids is 1. The van der Waals surface area contributed by atoms with Gasteiger partial charge in [0.25, 0.3) is 5.91 Å². The molecule has 7 nitrogen and oxygen atoms in total. The molecule has 0 spiro atoms. The molecule has 10 atom stereocenters. The maximum atomic E-state index is 14.6. The zero-order chi connectivity index (χ0) is 36.5. The van der Waals surface area contributed by atoms with Crippen molar-refractivity contribution in [2.24, 2.45) is 57.2 Å². The van der Waals surface area contributed by atoms with E-state index in [2.05, 4.69) is 51.8 Å². The van der Waals surface area contributed by atoms with Crippen LogP contribution in [-0.2, 0) is 17.9 Å². The average Bonchev–Trinajstić information content (AvgIpc) is 3.74. The van der Waals surface area contributed by atoms with Crippen molar-refractivity contribution in [3.05, 3.63) is 69.4 Å². The first kappa shape index (κ1) is 36.4. The number of rotatable bonds is 8. The topological polar surface area (TPSA) is 116 Å². The molecule has 0 saturated heterocycles. The Labute approximate surface area is 308 Å². The van der Waals surface area contributed by atoms with Crippen LogP contribution in [-0.4, -0.2) is 34.1 Å². The molecule has 1 aromatic heterocycles. The van der Waals surface area contributed by atoms with Crippen LogP contribution in [0.5, 0.6) is 0 Å². The lowest BCUT2D eigenvalue weighted by molar-refractivity contribution is -0.216. The fraction of sp³-hybridized carbons (Fsp3) is 0.651. The van der Waals surface area contributed by atoms with Crippen LogP contribution in [0.2, 0.25) is 0 Å². The minimum Gasteiger partial charge on any atom is -0.477 e. The third-order valence-electron chi connectivity index (χ3n) is 15.6. The fourth-order valence-electron chi connectivity index (χ4n) is 13.2. The van der Waals surface area contributed by atoms with Crippen molar-refractivity contribution >= 4 is 29.1 Å². The summed E-state index contributed by atoms with van der Waals surface area (Å²) in [6.07, 6.45) is 10.6. The smallest absolute Gasteiger partial charge is 0.345 e. The molecule has 0 radical (unpaired) electrons. The Kier molecular flexibility index (Phi) is 9.39. The van der Waals surface area contributed by atoms with Crippen molar-refractivity contribution in [1.82, 2.24) is 10.6 Å². The van der Waals surface area contributed by atoms with Crippen molar-refractivity contribution in [1.29, 1.82) is 0 Å². The van der Waals surface area contributed by atoms with E-state index in [-0.39, 0.29) is 45.6 Å². The number of benzene rings is 1. The third-order valence-corrected chi connectivity index (χ3v) is 16.7. The van der Waals surface area contributed by atoms with E-state index in [1.807, 2.05) is 18.2 Å². The first-order valence-corrected chi connectivity index (χ1v) is 20.2. The summed E-state index contributed by atoms with van der Waals surface area (Å²) < 4.78 is 0. The number of carboxylic acids is 1. The van der Waals surface area contributed by atoms with E-state index in [0.29, 0.717) is 47.6 Å². The number of carboxylic acid groups (broad SMARTS) is 1. The van der Waals surface area contributed by atoms with Gasteiger partial charge in [0.1, 0.15) is 4.88 Å². The number of fused-ring (bicyclic) bond motifs is 7. The number of allylic oxidation sites excluding steroid dienone is 1. The second kappa shape index (κ2) is 13.2. The molecule has 0 aliphatic heterocycles. The van der Waals surface area contributed by atoms with Gasteiger partial charge >= 0.3 is 5.97 Å². The maximum Gasteiger partial charge on any atom is 0.345 e. The molecular formula is C43H58N2O5S. The largest absolute Gasteiger partial charge is 0.477 e. The average molecular weight is 715 g/mol. The molecule has 1 heterocycles. The monoisotopic (exact) mass is 714 g/mol. The van der Waals surface area contributed by atoms with Gasteiger partial charge < -0.3 is 20.8 Å². The van der Waals surface area contributed by atoms with Crippen molar-refractivity contribution in [2.75, 3.05) is 0 Å². The standard InChI is InChI=1S/C43H58N2O5S/c1-25(2)29-14-20-43(39(50)45-23-26-8-7-9-27(22-26)37(47)44-24-28-10-12-32(51-28)38(48)49)21-15-31-30(36(29)43)11-13-34-41(31,5)18-16-33-40(3,4)35(46)17-19-42(33,34)6/h7-10,12,22,29-31,33-36,46H,1,11,13-21,23-24H2,2-6H3,(H,44,47)(H,45,50)(H,48,49). The number of thiophene rings is 1. The summed E-state index contributed by atoms with van der Waals surface area (Å²) >= 11 is 1.16. The van der Waals surface area contributed by atoms with Crippen LogP contribution in [0.25, 0.3) is 0 Å². The zero-order valence-corrected chi connectivity index (χ0v) is 32.0. The van der Waals surface area contributed by atoms with Gasteiger partial charge in [-0.2, -0.15) is 0 Å². The number of amides is 2. The normalized spacial score (nSPS) is 38.0. The number of carbonyl (C=O) groups is 3. The second-order valence-corrected chi connectivity index (χ2v) is 19.4. The zero-order valence-electron chi connectivity index (χ0n) is 31.2. The van der Waals surface area contributed by atoms with Crippen LogP contribution >= 0.6 is 11.3 Å². The summed E-state index contributed by atoms with van der Waals surface area (Å²) in [6, 6.07) is 10.7. The van der Waals surface area contributed by atoms with Gasteiger partial charge in [-0.15, -0.1) is 11.3 Å². The minimum atomic E-state index is -0.969. The lowest BCUT2D eigenvalue weighted by Crippen LogP contribution is -2.64. The van der Waals surface area contributed by atoms with Crippen LogP contribution in [0.15, 0.2) is 48.6 Å². The summed E-state index contributed by atoms with van der Waals surface area (Å²) in [5, 5.41) is 26.5. The predicted octanol–water partition coefficient (Wildman–Crippen LogP) is 8.62. The first-order chi connectivity index (χ1) is 24.1. The predicted molar refractivity (Wildman–Crippen MR) is 201 cm³/mol. The van der Waals surface area contributed by atoms with E-state index in [0.717, 1.165) is 60.3 Å². The number of aliphatic hydroxyl groups excluding tert-OH is 1. The molecule has 5 saturated carbocycles. The van der Waals surface area contributed by atoms with E-state index in [4.69, 9.17) is 0 Å². The van der Waals surface area contributed by atoms with Gasteiger partial charge in [0.2, 0.25) is 5.91 Å². The first-order valence-electron chi connectivity index (χ1n) is 19.4. The number of nitrogens with one attached hydrogen (secondary N) is 2. The quantitative estimate of drug-likeness (QED) is 0.205. The molecule has 10 unspecified atom stereocenters. The maximum absolute atomic E-state index is 14.6. The Balaban J connectivity index is 1.06. The SMILES string of the molecule is C=C(C)C1CCC2(C(=O)NCc3cccc(C(=O)NCc4ccc(C(=O)O)s4)c3)CCC3C(CCC4C3(C)CCC3C(C)(C)C(O)CCC34C)C12. The van der Waals surface area contributed by atoms with Gasteiger partial charge in [0, 0.05) is 17.0 Å². The molecule has 51 heavy (non-hydrogen) atoms. The van der Waals surface area contributed by atoms with Gasteiger partial charge in [0.05, 0.1) is 18.1 Å². The number of hydrogen-bond donors (Lipinski definition) is 4. The molecule has 0 bridgehead atoms. The summed E-state index contributed by atoms with van der Waals surface area (Å²) in [4.78, 5) is 39.8. The molecule has 7 rings (SSSR count). The van der Waals surface area contributed by atoms with Gasteiger partial charge in [-0.3, -0.25) is 9.59 Å². The summed E-state index contributed by atoms with van der Waals surface area (Å²) in [6.45, 7) is 17.1. The Morgan fingerprint density at radius 1 is 0.863 bits per heavy atom. The van der Waals surface area contributed by atoms with Gasteiger partial charge in [-0.25, -0.2) is 4.79 Å². The molecular weight excluding hydrogens is 657 g/mol. The lowest BCUT2D eigenvalue weighted by atomic mass is 9.36. The van der Waals surface area contributed by atoms with E-state index in [1.54, 1.807) is 18.2 Å². The van der Waals surface area contributed by atoms with Gasteiger partial charge in [0.15, 0.2) is 0 Å². The molecule has 276 valence electrons. The van der Waals surface area contributed by atoms with E-state index in [9.17, 15) is 24.6 Å². The Hall–Kier alpha value is -2.97. The number of aliphatic hydroxyl groups is 1. The van der Waals surface area contributed by atoms with Crippen LogP contribution < -0.4 is 10.6 Å². The third kappa shape index (κ3) is 5.91. The Morgan fingerprint density at radius 3 is 2.33 bits per heavy atom. The Morgan fingerprint density at radius 2 is 1.61 bits per heavy atom. The van der Waals surface area contributed by atoms with Crippen LogP contribution in [0.3, 0.4) is 0 Å². The second-order valence-electron chi connectivity index (χ2n) is 18.2. The van der Waals surface area contributed by atoms with E-state index < -0.39 is 11.4 Å². The summed E-state index contributed by atoms with van der Waals surface area (Å²) in [5.74, 6) is 1.95. The van der Waals surface area contributed by atoms with E-state index in [1.165, 1.54) is 31.3 Å². The highest BCUT2D eigenvalue weighted by Gasteiger charge is 2.68. The van der Waals surface area contributed by atoms with Crippen molar-refractivity contribution in [3.63, 3.8) is 0 Å². The number of hydrogen-bond acceptors (Lipinski definition) is 5. The summed E-state index contributed by atoms with van der Waals surface area (Å²) in [7, 11) is 0.